The van der Waals surface area contributed by atoms with Crippen LogP contribution in [-0.4, -0.2) is 19.5 Å². The molecule has 0 amide bonds. The van der Waals surface area contributed by atoms with Crippen molar-refractivity contribution in [2.45, 2.75) is 0 Å². The van der Waals surface area contributed by atoms with Crippen LogP contribution in [-0.2, 0) is 0 Å². The number of nitrogens with two attached hydrogens (primary N) is 1. The van der Waals surface area contributed by atoms with Gasteiger partial charge in [-0.15, -0.1) is 0 Å². The molecule has 2 N–H and O–H groups in total. The summed E-state index contributed by atoms with van der Waals surface area (Å²) < 4.78 is 1.79. The Kier molecular flexibility index (Phi) is 2.53. The van der Waals surface area contributed by atoms with Crippen LogP contribution in [0.2, 0.25) is 0 Å². The number of benzene rings is 1. The van der Waals surface area contributed by atoms with Gasteiger partial charge in [-0.05, 0) is 18.2 Å². The molecule has 0 unspecified atom stereocenters. The van der Waals surface area contributed by atoms with Gasteiger partial charge in [0.25, 0.3) is 0 Å². The predicted molar refractivity (Wildman–Crippen MR) is 74.8 cm³/mol. The second-order valence-electron chi connectivity index (χ2n) is 3.86. The van der Waals surface area contributed by atoms with E-state index in [9.17, 15) is 0 Å². The van der Waals surface area contributed by atoms with Crippen LogP contribution in [0.1, 0.15) is 5.69 Å². The van der Waals surface area contributed by atoms with Crippen molar-refractivity contribution < 1.29 is 0 Å². The highest BCUT2D eigenvalue weighted by atomic mass is 32.1. The van der Waals surface area contributed by atoms with Crippen molar-refractivity contribution in [3.8, 4) is 5.95 Å². The van der Waals surface area contributed by atoms with Crippen molar-refractivity contribution in [1.29, 1.82) is 0 Å². The smallest absolute Gasteiger partial charge is 0.234 e. The van der Waals surface area contributed by atoms with Gasteiger partial charge in [0.1, 0.15) is 4.99 Å². The van der Waals surface area contributed by atoms with E-state index in [1.807, 2.05) is 42.6 Å². The zero-order valence-electron chi connectivity index (χ0n) is 9.45. The molecule has 2 aromatic heterocycles. The summed E-state index contributed by atoms with van der Waals surface area (Å²) in [5.74, 6) is 0.571. The molecule has 3 rings (SSSR count). The molecule has 4 nitrogen and oxygen atoms in total. The Labute approximate surface area is 109 Å². The lowest BCUT2D eigenvalue weighted by molar-refractivity contribution is 0.943. The van der Waals surface area contributed by atoms with Crippen molar-refractivity contribution in [3.05, 3.63) is 54.5 Å². The van der Waals surface area contributed by atoms with Crippen LogP contribution < -0.4 is 5.73 Å². The number of hydrogen-bond donors (Lipinski definition) is 1. The van der Waals surface area contributed by atoms with Gasteiger partial charge in [-0.25, -0.2) is 9.97 Å². The van der Waals surface area contributed by atoms with Gasteiger partial charge < -0.3 is 5.73 Å². The molecule has 5 heteroatoms. The van der Waals surface area contributed by atoms with Crippen LogP contribution in [0.3, 0.4) is 0 Å². The Morgan fingerprint density at radius 3 is 2.83 bits per heavy atom. The molecule has 0 aliphatic carbocycles. The fraction of sp³-hybridized carbons (Fsp3) is 0. The number of thiocarbonyl (C=S) groups is 1. The average Bonchev–Trinajstić information content (AvgIpc) is 2.87. The first-order valence-corrected chi connectivity index (χ1v) is 5.86. The van der Waals surface area contributed by atoms with Gasteiger partial charge in [0.05, 0.1) is 11.2 Å². The van der Waals surface area contributed by atoms with Crippen molar-refractivity contribution >= 4 is 28.1 Å². The highest BCUT2D eigenvalue weighted by molar-refractivity contribution is 7.80. The number of nitrogens with zero attached hydrogens (tertiary/aromatic N) is 3. The third-order valence-corrected chi connectivity index (χ3v) is 2.90. The molecular weight excluding hydrogens is 244 g/mol. The molecule has 1 aromatic carbocycles. The maximum Gasteiger partial charge on any atom is 0.234 e. The summed E-state index contributed by atoms with van der Waals surface area (Å²) in [6.07, 6.45) is 3.64. The lowest BCUT2D eigenvalue weighted by Crippen LogP contribution is -2.15. The Morgan fingerprint density at radius 1 is 1.17 bits per heavy atom. The molecule has 0 radical (unpaired) electrons. The van der Waals surface area contributed by atoms with Crippen LogP contribution in [0.25, 0.3) is 16.9 Å². The highest BCUT2D eigenvalue weighted by Crippen LogP contribution is 2.13. The zero-order valence-corrected chi connectivity index (χ0v) is 10.3. The van der Waals surface area contributed by atoms with Crippen molar-refractivity contribution in [2.75, 3.05) is 0 Å². The quantitative estimate of drug-likeness (QED) is 0.711. The summed E-state index contributed by atoms with van der Waals surface area (Å²) in [4.78, 5) is 9.16. The molecule has 88 valence electrons. The van der Waals surface area contributed by atoms with E-state index < -0.39 is 0 Å². The van der Waals surface area contributed by atoms with Gasteiger partial charge in [-0.1, -0.05) is 30.4 Å². The van der Waals surface area contributed by atoms with Gasteiger partial charge >= 0.3 is 0 Å². The van der Waals surface area contributed by atoms with Gasteiger partial charge in [0, 0.05) is 17.8 Å². The molecule has 0 atom stereocenters. The molecule has 0 saturated heterocycles. The van der Waals surface area contributed by atoms with Crippen molar-refractivity contribution in [1.82, 2.24) is 14.5 Å². The van der Waals surface area contributed by atoms with Crippen molar-refractivity contribution in [2.24, 2.45) is 5.73 Å². The zero-order chi connectivity index (χ0) is 12.5. The van der Waals surface area contributed by atoms with E-state index in [1.54, 1.807) is 10.8 Å². The van der Waals surface area contributed by atoms with Crippen molar-refractivity contribution in [3.63, 3.8) is 0 Å². The van der Waals surface area contributed by atoms with Crippen LogP contribution >= 0.6 is 12.2 Å². The molecule has 0 aliphatic rings. The summed E-state index contributed by atoms with van der Waals surface area (Å²) in [5.41, 5.74) is 7.29. The Morgan fingerprint density at radius 2 is 2.00 bits per heavy atom. The minimum absolute atomic E-state index is 0.330. The molecule has 0 fully saturated rings. The monoisotopic (exact) mass is 254 g/mol. The van der Waals surface area contributed by atoms with Gasteiger partial charge in [-0.3, -0.25) is 4.57 Å². The largest absolute Gasteiger partial charge is 0.388 e. The molecule has 2 heterocycles. The topological polar surface area (TPSA) is 56.7 Å². The van der Waals surface area contributed by atoms with Gasteiger partial charge in [0.2, 0.25) is 5.95 Å². The standard InChI is InChI=1S/C13H10N4S/c14-12(18)11-6-3-7-17(11)13-15-8-9-4-1-2-5-10(9)16-13/h1-8H,(H2,14,18). The fourth-order valence-corrected chi connectivity index (χ4v) is 2.00. The van der Waals surface area contributed by atoms with E-state index >= 15 is 0 Å². The average molecular weight is 254 g/mol. The number of fused-ring (bicyclic) bond motifs is 1. The first-order chi connectivity index (χ1) is 8.75. The number of aromatic nitrogens is 3. The van der Waals surface area contributed by atoms with E-state index in [0.29, 0.717) is 10.9 Å². The number of hydrogen-bond acceptors (Lipinski definition) is 3. The maximum atomic E-state index is 5.66. The van der Waals surface area contributed by atoms with E-state index in [4.69, 9.17) is 18.0 Å². The first-order valence-electron chi connectivity index (χ1n) is 5.45. The minimum Gasteiger partial charge on any atom is -0.388 e. The third kappa shape index (κ3) is 1.74. The third-order valence-electron chi connectivity index (χ3n) is 2.69. The van der Waals surface area contributed by atoms with E-state index in [0.717, 1.165) is 16.6 Å². The normalized spacial score (nSPS) is 10.7. The predicted octanol–water partition coefficient (Wildman–Crippen LogP) is 2.05. The van der Waals surface area contributed by atoms with E-state index in [2.05, 4.69) is 9.97 Å². The maximum absolute atomic E-state index is 5.66. The van der Waals surface area contributed by atoms with Gasteiger partial charge in [-0.2, -0.15) is 0 Å². The summed E-state index contributed by atoms with van der Waals surface area (Å²) in [6, 6.07) is 11.5. The SMILES string of the molecule is NC(=S)c1cccn1-c1ncc2ccccc2n1. The number of para-hydroxylation sites is 1. The van der Waals surface area contributed by atoms with Crippen LogP contribution in [0.4, 0.5) is 0 Å². The Hall–Kier alpha value is -2.27. The second-order valence-corrected chi connectivity index (χ2v) is 4.30. The molecule has 18 heavy (non-hydrogen) atoms. The summed E-state index contributed by atoms with van der Waals surface area (Å²) in [5, 5.41) is 1.00. The fourth-order valence-electron chi connectivity index (χ4n) is 1.83. The molecule has 0 spiro atoms. The Balaban J connectivity index is 2.19. The molecule has 0 bridgehead atoms. The first kappa shape index (κ1) is 10.9. The minimum atomic E-state index is 0.330. The molecular formula is C13H10N4S. The summed E-state index contributed by atoms with van der Waals surface area (Å²) in [7, 11) is 0. The molecule has 0 aliphatic heterocycles. The van der Waals surface area contributed by atoms with E-state index in [-0.39, 0.29) is 0 Å². The summed E-state index contributed by atoms with van der Waals surface area (Å²) in [6.45, 7) is 0. The van der Waals surface area contributed by atoms with Crippen LogP contribution in [0.5, 0.6) is 0 Å². The molecule has 0 saturated carbocycles. The summed E-state index contributed by atoms with van der Waals surface area (Å²) >= 11 is 5.00. The lowest BCUT2D eigenvalue weighted by Gasteiger charge is -2.06. The Bertz CT molecular complexity index is 732. The van der Waals surface area contributed by atoms with Crippen LogP contribution in [0, 0.1) is 0 Å². The lowest BCUT2D eigenvalue weighted by atomic mass is 10.2. The highest BCUT2D eigenvalue weighted by Gasteiger charge is 2.08. The van der Waals surface area contributed by atoms with Gasteiger partial charge in [0.15, 0.2) is 0 Å². The van der Waals surface area contributed by atoms with E-state index in [1.165, 1.54) is 0 Å². The van der Waals surface area contributed by atoms with Crippen LogP contribution in [0.15, 0.2) is 48.8 Å². The number of rotatable bonds is 2. The molecule has 3 aromatic rings. The second kappa shape index (κ2) is 4.19.